The van der Waals surface area contributed by atoms with Crippen molar-refractivity contribution >= 4 is 46.8 Å². The smallest absolute Gasteiger partial charge is 0.234 e. The molecule has 10 heteroatoms. The SMILES string of the molecule is C=CCOCCN(CN1C(=O)[C@H]2CC(Cl)=CC[C@H]2C1=O)CN1C(=O)[C@@H]2CC=C(Cl)C[C@H]2C1=O. The molecule has 0 saturated carbocycles. The Hall–Kier alpha value is -2.00. The molecule has 2 heterocycles. The Bertz CT molecular complexity index is 867. The van der Waals surface area contributed by atoms with Crippen LogP contribution < -0.4 is 0 Å². The summed E-state index contributed by atoms with van der Waals surface area (Å²) < 4.78 is 5.48. The molecule has 178 valence electrons. The van der Waals surface area contributed by atoms with Crippen molar-refractivity contribution in [3.05, 3.63) is 34.9 Å². The van der Waals surface area contributed by atoms with Gasteiger partial charge in [-0.3, -0.25) is 33.9 Å². The molecule has 2 saturated heterocycles. The summed E-state index contributed by atoms with van der Waals surface area (Å²) in [7, 11) is 0. The molecule has 33 heavy (non-hydrogen) atoms. The van der Waals surface area contributed by atoms with E-state index in [1.54, 1.807) is 23.1 Å². The molecule has 4 rings (SSSR count). The number of likely N-dealkylation sites (tertiary alicyclic amines) is 2. The first kappa shape index (κ1) is 24.1. The Balaban J connectivity index is 1.47. The summed E-state index contributed by atoms with van der Waals surface area (Å²) in [5.74, 6) is -2.76. The van der Waals surface area contributed by atoms with Crippen LogP contribution in [0.1, 0.15) is 25.7 Å². The van der Waals surface area contributed by atoms with Gasteiger partial charge in [-0.25, -0.2) is 0 Å². The summed E-state index contributed by atoms with van der Waals surface area (Å²) in [6, 6.07) is 0. The van der Waals surface area contributed by atoms with Gasteiger partial charge >= 0.3 is 0 Å². The van der Waals surface area contributed by atoms with Gasteiger partial charge in [0.25, 0.3) is 0 Å². The average molecular weight is 496 g/mol. The van der Waals surface area contributed by atoms with E-state index in [-0.39, 0.29) is 37.0 Å². The van der Waals surface area contributed by atoms with Crippen molar-refractivity contribution in [1.82, 2.24) is 14.7 Å². The summed E-state index contributed by atoms with van der Waals surface area (Å²) in [6.07, 6.45) is 6.79. The second kappa shape index (κ2) is 10.1. The maximum atomic E-state index is 13.0. The summed E-state index contributed by atoms with van der Waals surface area (Å²) in [4.78, 5) is 56.1. The molecule has 0 aromatic heterocycles. The molecule has 4 amide bonds. The van der Waals surface area contributed by atoms with Crippen molar-refractivity contribution in [1.29, 1.82) is 0 Å². The topological polar surface area (TPSA) is 87.2 Å². The van der Waals surface area contributed by atoms with E-state index in [0.717, 1.165) is 0 Å². The molecule has 0 unspecified atom stereocenters. The van der Waals surface area contributed by atoms with Gasteiger partial charge in [-0.1, -0.05) is 41.4 Å². The van der Waals surface area contributed by atoms with Crippen molar-refractivity contribution in [3.63, 3.8) is 0 Å². The summed E-state index contributed by atoms with van der Waals surface area (Å²) in [5.41, 5.74) is 0. The predicted octanol–water partition coefficient (Wildman–Crippen LogP) is 2.44. The highest BCUT2D eigenvalue weighted by molar-refractivity contribution is 6.30. The number of allylic oxidation sites excluding steroid dienone is 4. The van der Waals surface area contributed by atoms with Crippen LogP contribution in [0.25, 0.3) is 0 Å². The third-order valence-corrected chi connectivity index (χ3v) is 7.41. The highest BCUT2D eigenvalue weighted by Crippen LogP contribution is 2.40. The standard InChI is InChI=1S/C23H27Cl2N3O5/c1-2-8-33-9-7-26(12-27-20(29)16-5-3-14(24)10-18(16)22(27)31)13-28-21(30)17-6-4-15(25)11-19(17)23(28)32/h2-4,16-19H,1,5-13H2/t16-,17-,18-,19+/m1/s1. The third-order valence-electron chi connectivity index (χ3n) is 6.79. The van der Waals surface area contributed by atoms with Crippen molar-refractivity contribution in [2.75, 3.05) is 33.1 Å². The van der Waals surface area contributed by atoms with Gasteiger partial charge in [-0.05, 0) is 25.7 Å². The number of fused-ring (bicyclic) bond motifs is 2. The van der Waals surface area contributed by atoms with Gasteiger partial charge < -0.3 is 4.74 Å². The molecule has 0 radical (unpaired) electrons. The Morgan fingerprint density at radius 1 is 0.879 bits per heavy atom. The molecule has 0 aromatic carbocycles. The number of ether oxygens (including phenoxy) is 1. The molecule has 0 spiro atoms. The Kier molecular flexibility index (Phi) is 7.38. The van der Waals surface area contributed by atoms with Crippen LogP contribution in [-0.2, 0) is 23.9 Å². The van der Waals surface area contributed by atoms with Crippen LogP contribution in [0.15, 0.2) is 34.9 Å². The zero-order valence-corrected chi connectivity index (χ0v) is 19.8. The molecule has 2 fully saturated rings. The van der Waals surface area contributed by atoms with E-state index in [0.29, 0.717) is 55.5 Å². The lowest BCUT2D eigenvalue weighted by Crippen LogP contribution is -2.49. The number of carbonyl (C=O) groups is 4. The molecule has 0 bridgehead atoms. The van der Waals surface area contributed by atoms with Crippen LogP contribution in [0, 0.1) is 23.7 Å². The number of hydrogen-bond acceptors (Lipinski definition) is 6. The van der Waals surface area contributed by atoms with E-state index in [1.165, 1.54) is 9.80 Å². The van der Waals surface area contributed by atoms with E-state index in [9.17, 15) is 19.2 Å². The fourth-order valence-corrected chi connectivity index (χ4v) is 5.53. The van der Waals surface area contributed by atoms with E-state index in [4.69, 9.17) is 27.9 Å². The molecule has 2 aliphatic heterocycles. The molecule has 0 aromatic rings. The molecule has 4 atom stereocenters. The zero-order valence-electron chi connectivity index (χ0n) is 18.3. The van der Waals surface area contributed by atoms with Crippen molar-refractivity contribution in [2.24, 2.45) is 23.7 Å². The number of hydrogen-bond donors (Lipinski definition) is 0. The predicted molar refractivity (Wildman–Crippen MR) is 121 cm³/mol. The Labute approximate surface area is 202 Å². The molecular formula is C23H27Cl2N3O5. The number of halogens is 2. The highest BCUT2D eigenvalue weighted by Gasteiger charge is 2.51. The quantitative estimate of drug-likeness (QED) is 0.277. The van der Waals surface area contributed by atoms with Crippen molar-refractivity contribution in [3.8, 4) is 0 Å². The molecule has 8 nitrogen and oxygen atoms in total. The van der Waals surface area contributed by atoms with Crippen LogP contribution in [0.2, 0.25) is 0 Å². The van der Waals surface area contributed by atoms with E-state index in [1.807, 2.05) is 0 Å². The number of amides is 4. The van der Waals surface area contributed by atoms with Crippen LogP contribution in [0.4, 0.5) is 0 Å². The number of carbonyl (C=O) groups excluding carboxylic acids is 4. The monoisotopic (exact) mass is 495 g/mol. The molecule has 4 aliphatic rings. The summed E-state index contributed by atoms with van der Waals surface area (Å²) in [6.45, 7) is 4.53. The number of rotatable bonds is 9. The maximum Gasteiger partial charge on any atom is 0.234 e. The maximum absolute atomic E-state index is 13.0. The zero-order chi connectivity index (χ0) is 23.7. The van der Waals surface area contributed by atoms with Gasteiger partial charge in [-0.2, -0.15) is 0 Å². The van der Waals surface area contributed by atoms with Gasteiger partial charge in [0.05, 0.1) is 50.2 Å². The lowest BCUT2D eigenvalue weighted by atomic mass is 9.85. The van der Waals surface area contributed by atoms with Gasteiger partial charge in [-0.15, -0.1) is 6.58 Å². The van der Waals surface area contributed by atoms with Crippen molar-refractivity contribution in [2.45, 2.75) is 25.7 Å². The first-order valence-electron chi connectivity index (χ1n) is 11.1. The summed E-state index contributed by atoms with van der Waals surface area (Å²) in [5, 5.41) is 1.19. The second-order valence-electron chi connectivity index (χ2n) is 8.86. The second-order valence-corrected chi connectivity index (χ2v) is 9.83. The van der Waals surface area contributed by atoms with Gasteiger partial charge in [0.1, 0.15) is 0 Å². The van der Waals surface area contributed by atoms with E-state index >= 15 is 0 Å². The minimum absolute atomic E-state index is 0.0227. The number of imide groups is 2. The minimum Gasteiger partial charge on any atom is -0.376 e. The molecule has 2 aliphatic carbocycles. The summed E-state index contributed by atoms with van der Waals surface area (Å²) >= 11 is 12.2. The fraction of sp³-hybridized carbons (Fsp3) is 0.565. The number of nitrogens with zero attached hydrogens (tertiary/aromatic N) is 3. The Morgan fingerprint density at radius 3 is 1.79 bits per heavy atom. The lowest BCUT2D eigenvalue weighted by molar-refractivity contribution is -0.145. The largest absolute Gasteiger partial charge is 0.376 e. The highest BCUT2D eigenvalue weighted by atomic mass is 35.5. The first-order chi connectivity index (χ1) is 15.8. The molecular weight excluding hydrogens is 469 g/mol. The Morgan fingerprint density at radius 2 is 1.33 bits per heavy atom. The van der Waals surface area contributed by atoms with Crippen LogP contribution in [0.5, 0.6) is 0 Å². The normalized spacial score (nSPS) is 29.4. The first-order valence-corrected chi connectivity index (χ1v) is 11.9. The molecule has 0 N–H and O–H groups in total. The van der Waals surface area contributed by atoms with Gasteiger partial charge in [0.2, 0.25) is 23.6 Å². The van der Waals surface area contributed by atoms with Gasteiger partial charge in [0.15, 0.2) is 0 Å². The van der Waals surface area contributed by atoms with Gasteiger partial charge in [0, 0.05) is 16.6 Å². The van der Waals surface area contributed by atoms with E-state index in [2.05, 4.69) is 6.58 Å². The minimum atomic E-state index is -0.458. The van der Waals surface area contributed by atoms with Crippen LogP contribution >= 0.6 is 23.2 Å². The fourth-order valence-electron chi connectivity index (χ4n) is 5.02. The van der Waals surface area contributed by atoms with E-state index < -0.39 is 23.7 Å². The lowest BCUT2D eigenvalue weighted by Gasteiger charge is -2.30. The third kappa shape index (κ3) is 4.80. The van der Waals surface area contributed by atoms with Crippen LogP contribution in [0.3, 0.4) is 0 Å². The average Bonchev–Trinajstić information content (AvgIpc) is 3.16. The van der Waals surface area contributed by atoms with Crippen LogP contribution in [-0.4, -0.2) is 71.4 Å². The van der Waals surface area contributed by atoms with Crippen molar-refractivity contribution < 1.29 is 23.9 Å².